The van der Waals surface area contributed by atoms with Crippen LogP contribution in [-0.2, 0) is 17.8 Å². The van der Waals surface area contributed by atoms with Gasteiger partial charge in [-0.1, -0.05) is 10.4 Å². The van der Waals surface area contributed by atoms with Crippen LogP contribution in [-0.4, -0.2) is 69.9 Å². The topological polar surface area (TPSA) is 158 Å². The first kappa shape index (κ1) is 31.1. The maximum absolute atomic E-state index is 14.1. The van der Waals surface area contributed by atoms with Crippen molar-refractivity contribution in [2.75, 3.05) is 0 Å². The van der Waals surface area contributed by atoms with Gasteiger partial charge in [-0.2, -0.15) is 18.3 Å². The summed E-state index contributed by atoms with van der Waals surface area (Å²) in [6.45, 7) is 1.54. The van der Waals surface area contributed by atoms with E-state index in [0.717, 1.165) is 12.8 Å². The zero-order valence-electron chi connectivity index (χ0n) is 25.2. The van der Waals surface area contributed by atoms with Crippen LogP contribution in [0.5, 0.6) is 0 Å². The minimum absolute atomic E-state index is 0.0442. The molecule has 2 N–H and O–H groups in total. The molecule has 2 saturated carbocycles. The summed E-state index contributed by atoms with van der Waals surface area (Å²) in [6, 6.07) is -1.19. The van der Waals surface area contributed by atoms with Gasteiger partial charge >= 0.3 is 6.18 Å². The SMILES string of the molecule is Cc1cn(C[C@]2(Cc3cnn4cc([C@@H](NC(=O)c5nonc5C5CC5)C5CCC(F)(F)CC5)nc4c3)C[C@@H](C(F)(F)F)NC2=O)nn1. The standard InChI is InChI=1S/C29H31F5N10O3/c1-15-12-43(42-39-15)14-27(10-20(29(32,33)34)37-26(27)46)9-16-8-21-36-19(13-44(21)35-11-16)22(18-4-6-28(30,31)7-5-18)38-25(45)24-23(17-2-3-17)40-47-41-24/h8,11-13,17-18,20,22H,2-7,9-10,14H2,1H3,(H,37,46)(H,38,45)/t20-,22-,27-/m0/s1. The predicted molar refractivity (Wildman–Crippen MR) is 150 cm³/mol. The molecule has 2 amide bonds. The molecule has 2 aliphatic carbocycles. The number of aryl methyl sites for hydroxylation is 1. The first-order valence-electron chi connectivity index (χ1n) is 15.4. The number of hydrogen-bond acceptors (Lipinski definition) is 9. The summed E-state index contributed by atoms with van der Waals surface area (Å²) in [5, 5.41) is 24.9. The van der Waals surface area contributed by atoms with Crippen LogP contribution in [0.3, 0.4) is 0 Å². The summed E-state index contributed by atoms with van der Waals surface area (Å²) in [6.07, 6.45) is 0.622. The van der Waals surface area contributed by atoms with E-state index in [1.165, 1.54) is 15.4 Å². The van der Waals surface area contributed by atoms with E-state index in [9.17, 15) is 31.5 Å². The van der Waals surface area contributed by atoms with E-state index in [0.29, 0.717) is 28.3 Å². The maximum atomic E-state index is 14.1. The Hall–Kier alpha value is -4.51. The van der Waals surface area contributed by atoms with Crippen LogP contribution >= 0.6 is 0 Å². The molecule has 13 nitrogen and oxygen atoms in total. The minimum Gasteiger partial charge on any atom is -0.344 e. The van der Waals surface area contributed by atoms with Gasteiger partial charge in [-0.3, -0.25) is 14.3 Å². The molecular formula is C29H31F5N10O3. The molecule has 0 aromatic carbocycles. The molecule has 3 atom stereocenters. The van der Waals surface area contributed by atoms with Crippen molar-refractivity contribution in [2.24, 2.45) is 11.3 Å². The van der Waals surface area contributed by atoms with Crippen molar-refractivity contribution in [3.05, 3.63) is 53.0 Å². The number of amides is 2. The molecule has 0 spiro atoms. The molecule has 7 rings (SSSR count). The van der Waals surface area contributed by atoms with E-state index in [4.69, 9.17) is 4.63 Å². The molecule has 1 aliphatic heterocycles. The monoisotopic (exact) mass is 662 g/mol. The lowest BCUT2D eigenvalue weighted by molar-refractivity contribution is -0.155. The van der Waals surface area contributed by atoms with Gasteiger partial charge in [0.2, 0.25) is 11.8 Å². The molecule has 1 saturated heterocycles. The molecule has 18 heteroatoms. The van der Waals surface area contributed by atoms with E-state index < -0.39 is 47.8 Å². The van der Waals surface area contributed by atoms with Gasteiger partial charge in [0.15, 0.2) is 11.3 Å². The summed E-state index contributed by atoms with van der Waals surface area (Å²) >= 11 is 0. The first-order chi connectivity index (χ1) is 22.3. The van der Waals surface area contributed by atoms with Crippen molar-refractivity contribution in [3.8, 4) is 0 Å². The van der Waals surface area contributed by atoms with Gasteiger partial charge in [0.1, 0.15) is 11.7 Å². The van der Waals surface area contributed by atoms with Crippen molar-refractivity contribution in [2.45, 2.75) is 94.9 Å². The van der Waals surface area contributed by atoms with Gasteiger partial charge in [-0.15, -0.1) is 5.10 Å². The number of nitrogens with zero attached hydrogens (tertiary/aromatic N) is 8. The quantitative estimate of drug-likeness (QED) is 0.254. The fourth-order valence-electron chi connectivity index (χ4n) is 6.76. The molecule has 5 heterocycles. The van der Waals surface area contributed by atoms with Crippen molar-refractivity contribution >= 4 is 17.5 Å². The van der Waals surface area contributed by atoms with Gasteiger partial charge in [0.05, 0.1) is 41.8 Å². The second kappa shape index (κ2) is 11.3. The summed E-state index contributed by atoms with van der Waals surface area (Å²) in [5.74, 6) is -4.41. The highest BCUT2D eigenvalue weighted by Gasteiger charge is 2.56. The average Bonchev–Trinajstić information content (AvgIpc) is 3.31. The Morgan fingerprint density at radius 2 is 1.94 bits per heavy atom. The molecule has 250 valence electrons. The van der Waals surface area contributed by atoms with Gasteiger partial charge in [0.25, 0.3) is 5.91 Å². The van der Waals surface area contributed by atoms with E-state index >= 15 is 0 Å². The van der Waals surface area contributed by atoms with Crippen molar-refractivity contribution < 1.29 is 36.2 Å². The Morgan fingerprint density at radius 3 is 2.60 bits per heavy atom. The number of alkyl halides is 5. The fourth-order valence-corrected chi connectivity index (χ4v) is 6.76. The van der Waals surface area contributed by atoms with Gasteiger partial charge in [0, 0.05) is 25.0 Å². The normalized spacial score (nSPS) is 24.0. The number of carbonyl (C=O) groups excluding carboxylic acids is 2. The number of aromatic nitrogens is 8. The third kappa shape index (κ3) is 6.28. The molecule has 4 aromatic heterocycles. The molecule has 3 fully saturated rings. The Bertz CT molecular complexity index is 1800. The van der Waals surface area contributed by atoms with Crippen LogP contribution < -0.4 is 10.6 Å². The van der Waals surface area contributed by atoms with E-state index in [2.05, 4.69) is 41.3 Å². The molecular weight excluding hydrogens is 631 g/mol. The molecule has 0 radical (unpaired) electrons. The second-order valence-corrected chi connectivity index (χ2v) is 13.0. The molecule has 3 aliphatic rings. The molecule has 4 aromatic rings. The Morgan fingerprint density at radius 1 is 1.17 bits per heavy atom. The molecule has 0 bridgehead atoms. The lowest BCUT2D eigenvalue weighted by Gasteiger charge is -2.33. The number of halogens is 5. The third-order valence-corrected chi connectivity index (χ3v) is 9.36. The number of imidazole rings is 1. The Balaban J connectivity index is 1.18. The number of rotatable bonds is 9. The lowest BCUT2D eigenvalue weighted by Crippen LogP contribution is -2.40. The zero-order chi connectivity index (χ0) is 33.1. The summed E-state index contributed by atoms with van der Waals surface area (Å²) in [4.78, 5) is 31.3. The Labute approximate surface area is 263 Å². The average molecular weight is 663 g/mol. The van der Waals surface area contributed by atoms with Crippen LogP contribution in [0.15, 0.2) is 29.3 Å². The summed E-state index contributed by atoms with van der Waals surface area (Å²) in [7, 11) is 0. The van der Waals surface area contributed by atoms with Crippen molar-refractivity contribution in [3.63, 3.8) is 0 Å². The summed E-state index contributed by atoms with van der Waals surface area (Å²) < 4.78 is 77.0. The van der Waals surface area contributed by atoms with Crippen LogP contribution in [0.1, 0.15) is 90.0 Å². The third-order valence-electron chi connectivity index (χ3n) is 9.36. The highest BCUT2D eigenvalue weighted by Crippen LogP contribution is 2.44. The van der Waals surface area contributed by atoms with Crippen LogP contribution in [0.2, 0.25) is 0 Å². The zero-order valence-corrected chi connectivity index (χ0v) is 25.2. The fraction of sp³-hybridized carbons (Fsp3) is 0.586. The second-order valence-electron chi connectivity index (χ2n) is 13.0. The molecule has 47 heavy (non-hydrogen) atoms. The van der Waals surface area contributed by atoms with Gasteiger partial charge < -0.3 is 10.6 Å². The van der Waals surface area contributed by atoms with E-state index in [1.54, 1.807) is 25.4 Å². The summed E-state index contributed by atoms with van der Waals surface area (Å²) in [5.41, 5.74) is 0.656. The predicted octanol–water partition coefficient (Wildman–Crippen LogP) is 3.87. The van der Waals surface area contributed by atoms with Crippen LogP contribution in [0.4, 0.5) is 22.0 Å². The van der Waals surface area contributed by atoms with Gasteiger partial charge in [-0.25, -0.2) is 22.9 Å². The van der Waals surface area contributed by atoms with E-state index in [1.807, 2.05) is 0 Å². The lowest BCUT2D eigenvalue weighted by atomic mass is 9.79. The van der Waals surface area contributed by atoms with Gasteiger partial charge in [-0.05, 0) is 68.2 Å². The van der Waals surface area contributed by atoms with Crippen molar-refractivity contribution in [1.82, 2.24) is 50.5 Å². The first-order valence-corrected chi connectivity index (χ1v) is 15.4. The van der Waals surface area contributed by atoms with Crippen molar-refractivity contribution in [1.29, 1.82) is 0 Å². The largest absolute Gasteiger partial charge is 0.408 e. The number of carbonyl (C=O) groups is 2. The highest BCUT2D eigenvalue weighted by molar-refractivity contribution is 5.93. The van der Waals surface area contributed by atoms with Crippen LogP contribution in [0.25, 0.3) is 5.65 Å². The van der Waals surface area contributed by atoms with E-state index in [-0.39, 0.29) is 56.2 Å². The Kier molecular flexibility index (Phi) is 7.50. The smallest absolute Gasteiger partial charge is 0.344 e. The maximum Gasteiger partial charge on any atom is 0.408 e. The van der Waals surface area contributed by atoms with Crippen LogP contribution in [0, 0.1) is 18.3 Å². The number of hydrogen-bond donors (Lipinski definition) is 2. The number of nitrogens with one attached hydrogen (secondary N) is 2. The molecule has 0 unspecified atom stereocenters. The highest BCUT2D eigenvalue weighted by atomic mass is 19.4. The number of fused-ring (bicyclic) bond motifs is 1. The minimum atomic E-state index is -4.64.